The fraction of sp³-hybridized carbons (Fsp3) is 0.800. The Kier molecular flexibility index (Phi) is 4.81. The van der Waals surface area contributed by atoms with Gasteiger partial charge in [0.05, 0.1) is 5.69 Å². The van der Waals surface area contributed by atoms with Crippen LogP contribution in [-0.4, -0.2) is 15.8 Å². The van der Waals surface area contributed by atoms with Gasteiger partial charge in [0, 0.05) is 31.4 Å². The minimum absolute atomic E-state index is 0.716. The molecule has 2 rings (SSSR count). The number of nitrogens with zero attached hydrogens (tertiary/aromatic N) is 2. The molecule has 0 bridgehead atoms. The topological polar surface area (TPSA) is 29.9 Å². The Morgan fingerprint density at radius 3 is 2.83 bits per heavy atom. The molecule has 2 atom stereocenters. The summed E-state index contributed by atoms with van der Waals surface area (Å²) in [5.41, 5.74) is 2.62. The van der Waals surface area contributed by atoms with Crippen molar-refractivity contribution in [3.8, 4) is 0 Å². The average Bonchev–Trinajstić information content (AvgIpc) is 2.77. The van der Waals surface area contributed by atoms with E-state index in [0.717, 1.165) is 18.9 Å². The van der Waals surface area contributed by atoms with Gasteiger partial charge in [-0.15, -0.1) is 0 Å². The number of nitrogens with one attached hydrogen (secondary N) is 1. The first-order valence-electron chi connectivity index (χ1n) is 7.49. The molecule has 0 radical (unpaired) electrons. The second kappa shape index (κ2) is 6.37. The van der Waals surface area contributed by atoms with Crippen LogP contribution in [0.4, 0.5) is 0 Å². The van der Waals surface area contributed by atoms with Gasteiger partial charge in [-0.1, -0.05) is 33.1 Å². The smallest absolute Gasteiger partial charge is 0.0666 e. The van der Waals surface area contributed by atoms with Gasteiger partial charge in [-0.25, -0.2) is 0 Å². The third-order valence-corrected chi connectivity index (χ3v) is 4.31. The van der Waals surface area contributed by atoms with E-state index in [1.54, 1.807) is 0 Å². The molecule has 1 N–H and O–H groups in total. The van der Waals surface area contributed by atoms with Crippen LogP contribution in [0, 0.1) is 5.92 Å². The predicted octanol–water partition coefficient (Wildman–Crippen LogP) is 3.04. The molecule has 1 saturated carbocycles. The Morgan fingerprint density at radius 1 is 1.33 bits per heavy atom. The molecule has 1 aromatic heterocycles. The number of aromatic nitrogens is 2. The lowest BCUT2D eigenvalue weighted by molar-refractivity contribution is 0.254. The highest BCUT2D eigenvalue weighted by Gasteiger charge is 2.23. The lowest BCUT2D eigenvalue weighted by Crippen LogP contribution is -2.37. The lowest BCUT2D eigenvalue weighted by atomic mass is 9.83. The van der Waals surface area contributed by atoms with Gasteiger partial charge in [0.25, 0.3) is 0 Å². The van der Waals surface area contributed by atoms with Crippen LogP contribution >= 0.6 is 0 Å². The fourth-order valence-corrected chi connectivity index (χ4v) is 3.24. The quantitative estimate of drug-likeness (QED) is 0.869. The zero-order chi connectivity index (χ0) is 13.0. The standard InChI is InChI=1S/C15H27N3/c1-4-12-8-6-7-9-15(12)16-10-13-11-18(3)17-14(13)5-2/h11-12,15-16H,4-10H2,1-3H3. The maximum Gasteiger partial charge on any atom is 0.0666 e. The number of rotatable bonds is 5. The van der Waals surface area contributed by atoms with Crippen molar-refractivity contribution in [2.75, 3.05) is 0 Å². The summed E-state index contributed by atoms with van der Waals surface area (Å²) >= 11 is 0. The molecular formula is C15H27N3. The van der Waals surface area contributed by atoms with Crippen LogP contribution < -0.4 is 5.32 Å². The molecular weight excluding hydrogens is 222 g/mol. The Hall–Kier alpha value is -0.830. The van der Waals surface area contributed by atoms with Crippen molar-refractivity contribution in [3.63, 3.8) is 0 Å². The first kappa shape index (κ1) is 13.6. The summed E-state index contributed by atoms with van der Waals surface area (Å²) in [5.74, 6) is 0.875. The third-order valence-electron chi connectivity index (χ3n) is 4.31. The van der Waals surface area contributed by atoms with E-state index in [4.69, 9.17) is 0 Å². The van der Waals surface area contributed by atoms with Crippen LogP contribution in [0.2, 0.25) is 0 Å². The molecule has 1 heterocycles. The van der Waals surface area contributed by atoms with Crippen LogP contribution in [0.5, 0.6) is 0 Å². The van der Waals surface area contributed by atoms with Crippen LogP contribution in [0.3, 0.4) is 0 Å². The predicted molar refractivity (Wildman–Crippen MR) is 75.5 cm³/mol. The molecule has 18 heavy (non-hydrogen) atoms. The lowest BCUT2D eigenvalue weighted by Gasteiger charge is -2.31. The summed E-state index contributed by atoms with van der Waals surface area (Å²) in [6, 6.07) is 0.716. The van der Waals surface area contributed by atoms with E-state index in [1.807, 2.05) is 11.7 Å². The molecule has 102 valence electrons. The minimum Gasteiger partial charge on any atom is -0.310 e. The van der Waals surface area contributed by atoms with E-state index < -0.39 is 0 Å². The van der Waals surface area contributed by atoms with Crippen molar-refractivity contribution in [1.82, 2.24) is 15.1 Å². The van der Waals surface area contributed by atoms with E-state index in [-0.39, 0.29) is 0 Å². The highest BCUT2D eigenvalue weighted by molar-refractivity contribution is 5.16. The molecule has 0 amide bonds. The number of aryl methyl sites for hydroxylation is 2. The maximum atomic E-state index is 4.51. The van der Waals surface area contributed by atoms with E-state index in [1.165, 1.54) is 43.4 Å². The van der Waals surface area contributed by atoms with E-state index >= 15 is 0 Å². The number of hydrogen-bond donors (Lipinski definition) is 1. The Bertz CT molecular complexity index is 370. The fourth-order valence-electron chi connectivity index (χ4n) is 3.24. The van der Waals surface area contributed by atoms with Crippen LogP contribution in [0.15, 0.2) is 6.20 Å². The summed E-state index contributed by atoms with van der Waals surface area (Å²) in [4.78, 5) is 0. The van der Waals surface area contributed by atoms with E-state index in [9.17, 15) is 0 Å². The van der Waals surface area contributed by atoms with Gasteiger partial charge in [-0.2, -0.15) is 5.10 Å². The van der Waals surface area contributed by atoms with Gasteiger partial charge < -0.3 is 5.32 Å². The van der Waals surface area contributed by atoms with Crippen LogP contribution in [-0.2, 0) is 20.0 Å². The first-order chi connectivity index (χ1) is 8.74. The highest BCUT2D eigenvalue weighted by Crippen LogP contribution is 2.27. The molecule has 3 nitrogen and oxygen atoms in total. The largest absolute Gasteiger partial charge is 0.310 e. The van der Waals surface area contributed by atoms with Crippen LogP contribution in [0.1, 0.15) is 57.2 Å². The normalized spacial score (nSPS) is 24.4. The molecule has 0 aromatic carbocycles. The Labute approximate surface area is 111 Å². The molecule has 0 saturated heterocycles. The Balaban J connectivity index is 1.93. The third kappa shape index (κ3) is 3.14. The van der Waals surface area contributed by atoms with Crippen molar-refractivity contribution in [1.29, 1.82) is 0 Å². The van der Waals surface area contributed by atoms with Gasteiger partial charge in [0.15, 0.2) is 0 Å². The van der Waals surface area contributed by atoms with Gasteiger partial charge in [-0.3, -0.25) is 4.68 Å². The second-order valence-corrected chi connectivity index (χ2v) is 5.57. The first-order valence-corrected chi connectivity index (χ1v) is 7.49. The monoisotopic (exact) mass is 249 g/mol. The summed E-state index contributed by atoms with van der Waals surface area (Å²) < 4.78 is 1.94. The Morgan fingerprint density at radius 2 is 2.11 bits per heavy atom. The molecule has 2 unspecified atom stereocenters. The molecule has 3 heteroatoms. The summed E-state index contributed by atoms with van der Waals surface area (Å²) in [6.07, 6.45) is 10.1. The molecule has 1 aliphatic carbocycles. The molecule has 0 spiro atoms. The van der Waals surface area contributed by atoms with Crippen molar-refractivity contribution in [3.05, 3.63) is 17.5 Å². The van der Waals surface area contributed by atoms with Gasteiger partial charge in [0.2, 0.25) is 0 Å². The van der Waals surface area contributed by atoms with Gasteiger partial charge in [-0.05, 0) is 25.2 Å². The van der Waals surface area contributed by atoms with Gasteiger partial charge >= 0.3 is 0 Å². The summed E-state index contributed by atoms with van der Waals surface area (Å²) in [7, 11) is 2.01. The molecule has 1 aromatic rings. The average molecular weight is 249 g/mol. The second-order valence-electron chi connectivity index (χ2n) is 5.57. The SMILES string of the molecule is CCc1nn(C)cc1CNC1CCCCC1CC. The summed E-state index contributed by atoms with van der Waals surface area (Å²) in [6.45, 7) is 5.49. The zero-order valence-corrected chi connectivity index (χ0v) is 12.1. The maximum absolute atomic E-state index is 4.51. The highest BCUT2D eigenvalue weighted by atomic mass is 15.3. The molecule has 1 aliphatic rings. The van der Waals surface area contributed by atoms with E-state index in [2.05, 4.69) is 30.5 Å². The van der Waals surface area contributed by atoms with Crippen molar-refractivity contribution in [2.45, 2.75) is 65.0 Å². The number of hydrogen-bond acceptors (Lipinski definition) is 2. The van der Waals surface area contributed by atoms with Crippen LogP contribution in [0.25, 0.3) is 0 Å². The minimum atomic E-state index is 0.716. The van der Waals surface area contributed by atoms with Crippen molar-refractivity contribution >= 4 is 0 Å². The molecule has 1 fully saturated rings. The van der Waals surface area contributed by atoms with Crippen molar-refractivity contribution < 1.29 is 0 Å². The summed E-state index contributed by atoms with van der Waals surface area (Å²) in [5, 5.41) is 8.28. The zero-order valence-electron chi connectivity index (χ0n) is 12.1. The molecule has 0 aliphatic heterocycles. The van der Waals surface area contributed by atoms with Gasteiger partial charge in [0.1, 0.15) is 0 Å². The van der Waals surface area contributed by atoms with Crippen molar-refractivity contribution in [2.24, 2.45) is 13.0 Å². The van der Waals surface area contributed by atoms with E-state index in [0.29, 0.717) is 6.04 Å².